The third-order valence-corrected chi connectivity index (χ3v) is 7.30. The number of ether oxygens (including phenoxy) is 1. The molecule has 2 atom stereocenters. The normalized spacial score (nSPS) is 16.9. The second-order valence-electron chi connectivity index (χ2n) is 10.0. The highest BCUT2D eigenvalue weighted by atomic mass is 16.5. The topological polar surface area (TPSA) is 118 Å². The Labute approximate surface area is 230 Å². The van der Waals surface area contributed by atoms with Gasteiger partial charge in [-0.2, -0.15) is 0 Å². The summed E-state index contributed by atoms with van der Waals surface area (Å²) in [5.74, 6) is 0.443. The number of carbonyl (C=O) groups excluding carboxylic acids is 1. The zero-order valence-electron chi connectivity index (χ0n) is 22.1. The van der Waals surface area contributed by atoms with Crippen LogP contribution in [0, 0.1) is 12.8 Å². The van der Waals surface area contributed by atoms with E-state index in [1.54, 1.807) is 18.9 Å². The first-order chi connectivity index (χ1) is 19.4. The number of fused-ring (bicyclic) bond motifs is 3. The van der Waals surface area contributed by atoms with Crippen LogP contribution in [0.1, 0.15) is 18.7 Å². The van der Waals surface area contributed by atoms with Crippen LogP contribution in [0.3, 0.4) is 0 Å². The average molecular weight is 537 g/mol. The van der Waals surface area contributed by atoms with Crippen LogP contribution >= 0.6 is 0 Å². The number of nitrogens with zero attached hydrogens (tertiary/aromatic N) is 3. The summed E-state index contributed by atoms with van der Waals surface area (Å²) in [6.07, 6.45) is 0.507. The average Bonchev–Trinajstić information content (AvgIpc) is 3.55. The first-order valence-corrected chi connectivity index (χ1v) is 13.1. The highest BCUT2D eigenvalue weighted by molar-refractivity contribution is 6.06. The van der Waals surface area contributed by atoms with Crippen molar-refractivity contribution >= 4 is 45.5 Å². The highest BCUT2D eigenvalue weighted by Gasteiger charge is 2.40. The van der Waals surface area contributed by atoms with Crippen molar-refractivity contribution in [2.75, 3.05) is 23.9 Å². The first-order valence-electron chi connectivity index (χ1n) is 13.1. The first kappa shape index (κ1) is 25.4. The van der Waals surface area contributed by atoms with E-state index < -0.39 is 12.0 Å². The van der Waals surface area contributed by atoms with Crippen LogP contribution in [-0.4, -0.2) is 46.6 Å². The Hall–Kier alpha value is -4.92. The molecule has 0 radical (unpaired) electrons. The predicted molar refractivity (Wildman–Crippen MR) is 153 cm³/mol. The van der Waals surface area contributed by atoms with Gasteiger partial charge in [-0.15, -0.1) is 0 Å². The van der Waals surface area contributed by atoms with Crippen molar-refractivity contribution in [3.63, 3.8) is 0 Å². The Morgan fingerprint density at radius 1 is 1.05 bits per heavy atom. The van der Waals surface area contributed by atoms with Crippen molar-refractivity contribution in [1.82, 2.24) is 9.97 Å². The number of anilines is 2. The fourth-order valence-corrected chi connectivity index (χ4v) is 5.44. The van der Waals surface area contributed by atoms with Gasteiger partial charge >= 0.3 is 5.97 Å². The van der Waals surface area contributed by atoms with E-state index in [9.17, 15) is 14.7 Å². The summed E-state index contributed by atoms with van der Waals surface area (Å²) in [7, 11) is 1.63. The molecule has 1 aliphatic heterocycles. The zero-order valence-corrected chi connectivity index (χ0v) is 22.1. The SMILES string of the molecule is COc1cccc(-c2ccc(NC(=O)C[C@H]3C[C@@H](C(=O)O)N(c4nc(C)nc5c4oc4ccccc45)C3)cc2)c1. The maximum absolute atomic E-state index is 13.0. The number of benzene rings is 3. The molecule has 9 heteroatoms. The summed E-state index contributed by atoms with van der Waals surface area (Å²) in [6.45, 7) is 2.14. The Morgan fingerprint density at radius 2 is 1.85 bits per heavy atom. The predicted octanol–water partition coefficient (Wildman–Crippen LogP) is 5.67. The van der Waals surface area contributed by atoms with Gasteiger partial charge < -0.3 is 24.5 Å². The van der Waals surface area contributed by atoms with E-state index in [4.69, 9.17) is 9.15 Å². The molecule has 2 N–H and O–H groups in total. The lowest BCUT2D eigenvalue weighted by Gasteiger charge is -2.22. The maximum Gasteiger partial charge on any atom is 0.326 e. The fourth-order valence-electron chi connectivity index (χ4n) is 5.44. The van der Waals surface area contributed by atoms with Crippen LogP contribution in [0.15, 0.2) is 77.2 Å². The van der Waals surface area contributed by atoms with Crippen molar-refractivity contribution < 1.29 is 23.8 Å². The van der Waals surface area contributed by atoms with Crippen molar-refractivity contribution in [3.8, 4) is 16.9 Å². The Morgan fingerprint density at radius 3 is 2.62 bits per heavy atom. The minimum Gasteiger partial charge on any atom is -0.497 e. The summed E-state index contributed by atoms with van der Waals surface area (Å²) >= 11 is 0. The smallest absolute Gasteiger partial charge is 0.326 e. The van der Waals surface area contributed by atoms with Gasteiger partial charge in [0, 0.05) is 24.0 Å². The van der Waals surface area contributed by atoms with Gasteiger partial charge in [-0.3, -0.25) is 4.79 Å². The van der Waals surface area contributed by atoms with Gasteiger partial charge in [-0.05, 0) is 66.8 Å². The van der Waals surface area contributed by atoms with E-state index >= 15 is 0 Å². The number of aliphatic carboxylic acids is 1. The van der Waals surface area contributed by atoms with Gasteiger partial charge in [0.25, 0.3) is 0 Å². The molecule has 40 heavy (non-hydrogen) atoms. The lowest BCUT2D eigenvalue weighted by Crippen LogP contribution is -2.36. The fraction of sp³-hybridized carbons (Fsp3) is 0.226. The monoisotopic (exact) mass is 536 g/mol. The molecule has 0 unspecified atom stereocenters. The van der Waals surface area contributed by atoms with Crippen LogP contribution in [0.2, 0.25) is 0 Å². The summed E-state index contributed by atoms with van der Waals surface area (Å²) in [6, 6.07) is 22.1. The molecule has 0 bridgehead atoms. The molecule has 1 amide bonds. The summed E-state index contributed by atoms with van der Waals surface area (Å²) in [5, 5.41) is 13.8. The standard InChI is InChI=1S/C31H28N4O5/c1-18-32-28-24-8-3-4-9-26(24)40-29(28)30(33-18)35-17-19(14-25(35)31(37)38)15-27(36)34-22-12-10-20(11-13-22)21-6-5-7-23(16-21)39-2/h3-13,16,19,25H,14-15,17H2,1-2H3,(H,34,36)(H,37,38)/t19-,25+/m1/s1. The van der Waals surface area contributed by atoms with Gasteiger partial charge in [-0.25, -0.2) is 14.8 Å². The molecule has 2 aromatic heterocycles. The molecule has 1 aliphatic rings. The minimum atomic E-state index is -0.962. The Balaban J connectivity index is 1.19. The third kappa shape index (κ3) is 4.82. The van der Waals surface area contributed by atoms with Gasteiger partial charge in [0.05, 0.1) is 7.11 Å². The van der Waals surface area contributed by atoms with Crippen LogP contribution in [0.5, 0.6) is 5.75 Å². The van der Waals surface area contributed by atoms with Crippen molar-refractivity contribution in [2.24, 2.45) is 5.92 Å². The third-order valence-electron chi connectivity index (χ3n) is 7.30. The maximum atomic E-state index is 13.0. The molecule has 1 saturated heterocycles. The summed E-state index contributed by atoms with van der Waals surface area (Å²) < 4.78 is 11.4. The van der Waals surface area contributed by atoms with E-state index in [1.807, 2.05) is 72.8 Å². The number of aromatic nitrogens is 2. The number of hydrogen-bond acceptors (Lipinski definition) is 7. The Bertz CT molecular complexity index is 1730. The molecule has 3 aromatic carbocycles. The molecule has 0 spiro atoms. The quantitative estimate of drug-likeness (QED) is 0.273. The van der Waals surface area contributed by atoms with Crippen LogP contribution in [0.25, 0.3) is 33.2 Å². The molecule has 0 aliphatic carbocycles. The number of furan rings is 1. The van der Waals surface area contributed by atoms with Gasteiger partial charge in [0.1, 0.15) is 28.7 Å². The van der Waals surface area contributed by atoms with Crippen LogP contribution in [0.4, 0.5) is 11.5 Å². The lowest BCUT2D eigenvalue weighted by molar-refractivity contribution is -0.138. The summed E-state index contributed by atoms with van der Waals surface area (Å²) in [4.78, 5) is 36.1. The van der Waals surface area contributed by atoms with Gasteiger partial charge in [-0.1, -0.05) is 36.4 Å². The number of carbonyl (C=O) groups is 2. The van der Waals surface area contributed by atoms with Crippen molar-refractivity contribution in [3.05, 3.63) is 78.6 Å². The van der Waals surface area contributed by atoms with Gasteiger partial charge in [0.15, 0.2) is 11.4 Å². The molecule has 5 aromatic rings. The van der Waals surface area contributed by atoms with E-state index in [0.717, 1.165) is 22.3 Å². The molecule has 9 nitrogen and oxygen atoms in total. The van der Waals surface area contributed by atoms with Crippen LogP contribution < -0.4 is 15.0 Å². The molecule has 6 rings (SSSR count). The molecule has 202 valence electrons. The number of aryl methyl sites for hydroxylation is 1. The lowest BCUT2D eigenvalue weighted by atomic mass is 10.0. The molecular formula is C31H28N4O5. The number of hydrogen-bond donors (Lipinski definition) is 2. The Kier molecular flexibility index (Phi) is 6.55. The van der Waals surface area contributed by atoms with Crippen LogP contribution in [-0.2, 0) is 9.59 Å². The highest BCUT2D eigenvalue weighted by Crippen LogP contribution is 2.38. The largest absolute Gasteiger partial charge is 0.497 e. The number of amides is 1. The number of methoxy groups -OCH3 is 1. The second kappa shape index (κ2) is 10.3. The molecule has 3 heterocycles. The molecular weight excluding hydrogens is 508 g/mol. The second-order valence-corrected chi connectivity index (χ2v) is 10.0. The summed E-state index contributed by atoms with van der Waals surface area (Å²) in [5.41, 5.74) is 4.47. The molecule has 0 saturated carbocycles. The number of para-hydroxylation sites is 1. The molecule has 1 fully saturated rings. The number of carboxylic acid groups (broad SMARTS) is 1. The number of carboxylic acids is 1. The van der Waals surface area contributed by atoms with E-state index in [0.29, 0.717) is 47.0 Å². The van der Waals surface area contributed by atoms with E-state index in [1.165, 1.54) is 0 Å². The zero-order chi connectivity index (χ0) is 27.8. The van der Waals surface area contributed by atoms with E-state index in [-0.39, 0.29) is 18.2 Å². The van der Waals surface area contributed by atoms with Crippen molar-refractivity contribution in [1.29, 1.82) is 0 Å². The number of nitrogens with one attached hydrogen (secondary N) is 1. The van der Waals surface area contributed by atoms with Crippen molar-refractivity contribution in [2.45, 2.75) is 25.8 Å². The van der Waals surface area contributed by atoms with Gasteiger partial charge in [0.2, 0.25) is 5.91 Å². The minimum absolute atomic E-state index is 0.169. The number of rotatable bonds is 7. The van der Waals surface area contributed by atoms with E-state index in [2.05, 4.69) is 15.3 Å².